The van der Waals surface area contributed by atoms with Gasteiger partial charge >= 0.3 is 0 Å². The second kappa shape index (κ2) is 6.32. The van der Waals surface area contributed by atoms with Gasteiger partial charge in [0.2, 0.25) is 0 Å². The van der Waals surface area contributed by atoms with Gasteiger partial charge in [-0.15, -0.1) is 11.3 Å². The largest absolute Gasteiger partial charge is 0.312 e. The zero-order valence-corrected chi connectivity index (χ0v) is 12.2. The zero-order chi connectivity index (χ0) is 13.0. The van der Waals surface area contributed by atoms with E-state index in [9.17, 15) is 0 Å². The van der Waals surface area contributed by atoms with Crippen LogP contribution in [0.4, 0.5) is 0 Å². The van der Waals surface area contributed by atoms with E-state index in [-0.39, 0.29) is 0 Å². The van der Waals surface area contributed by atoms with Gasteiger partial charge in [0.25, 0.3) is 0 Å². The molecule has 0 fully saturated rings. The molecule has 1 heterocycles. The van der Waals surface area contributed by atoms with E-state index in [0.717, 1.165) is 29.5 Å². The molecule has 0 aliphatic carbocycles. The lowest BCUT2D eigenvalue weighted by atomic mass is 10.1. The van der Waals surface area contributed by atoms with Gasteiger partial charge in [0, 0.05) is 29.9 Å². The monoisotopic (exact) mass is 280 g/mol. The maximum absolute atomic E-state index is 5.93. The van der Waals surface area contributed by atoms with Crippen molar-refractivity contribution < 1.29 is 0 Å². The summed E-state index contributed by atoms with van der Waals surface area (Å²) < 4.78 is 0. The van der Waals surface area contributed by atoms with Gasteiger partial charge in [0.15, 0.2) is 0 Å². The first-order valence-electron chi connectivity index (χ1n) is 6.02. The van der Waals surface area contributed by atoms with Gasteiger partial charge in [-0.25, -0.2) is 4.98 Å². The van der Waals surface area contributed by atoms with E-state index >= 15 is 0 Å². The predicted molar refractivity (Wildman–Crippen MR) is 78.5 cm³/mol. The number of nitrogens with zero attached hydrogens (tertiary/aromatic N) is 1. The summed E-state index contributed by atoms with van der Waals surface area (Å²) in [7, 11) is 0. The quantitative estimate of drug-likeness (QED) is 0.844. The lowest BCUT2D eigenvalue weighted by molar-refractivity contribution is 0.679. The Kier molecular flexibility index (Phi) is 4.75. The van der Waals surface area contributed by atoms with Crippen LogP contribution in [0.3, 0.4) is 0 Å². The lowest BCUT2D eigenvalue weighted by Crippen LogP contribution is -2.17. The molecule has 1 N–H and O–H groups in total. The molecule has 18 heavy (non-hydrogen) atoms. The Bertz CT molecular complexity index is 522. The Labute approximate surface area is 117 Å². The van der Waals surface area contributed by atoms with Crippen molar-refractivity contribution in [2.75, 3.05) is 6.54 Å². The third kappa shape index (κ3) is 3.80. The third-order valence-corrected chi connectivity index (χ3v) is 3.90. The van der Waals surface area contributed by atoms with Crippen molar-refractivity contribution in [2.45, 2.75) is 26.8 Å². The molecule has 96 valence electrons. The molecule has 1 aromatic heterocycles. The molecule has 4 heteroatoms. The van der Waals surface area contributed by atoms with Gasteiger partial charge in [-0.3, -0.25) is 0 Å². The van der Waals surface area contributed by atoms with Gasteiger partial charge < -0.3 is 5.32 Å². The van der Waals surface area contributed by atoms with Crippen LogP contribution in [-0.4, -0.2) is 11.5 Å². The summed E-state index contributed by atoms with van der Waals surface area (Å²) in [4.78, 5) is 4.45. The highest BCUT2D eigenvalue weighted by Gasteiger charge is 2.00. The van der Waals surface area contributed by atoms with Crippen LogP contribution in [0.5, 0.6) is 0 Å². The Morgan fingerprint density at radius 3 is 2.83 bits per heavy atom. The molecule has 0 spiro atoms. The summed E-state index contributed by atoms with van der Waals surface area (Å²) in [5.41, 5.74) is 3.71. The maximum Gasteiger partial charge on any atom is 0.0897 e. The van der Waals surface area contributed by atoms with Crippen molar-refractivity contribution in [1.29, 1.82) is 0 Å². The standard InChI is InChI=1S/C14H17ClN2S/c1-10-7-13(15)4-3-12(10)8-16-6-5-14-9-18-11(2)17-14/h3-4,7,9,16H,5-6,8H2,1-2H3. The smallest absolute Gasteiger partial charge is 0.0897 e. The average molecular weight is 281 g/mol. The van der Waals surface area contributed by atoms with Crippen LogP contribution in [0, 0.1) is 13.8 Å². The number of rotatable bonds is 5. The number of hydrogen-bond acceptors (Lipinski definition) is 3. The van der Waals surface area contributed by atoms with Gasteiger partial charge in [-0.2, -0.15) is 0 Å². The second-order valence-electron chi connectivity index (χ2n) is 4.36. The fraction of sp³-hybridized carbons (Fsp3) is 0.357. The van der Waals surface area contributed by atoms with E-state index < -0.39 is 0 Å². The van der Waals surface area contributed by atoms with Crippen LogP contribution in [0.15, 0.2) is 23.6 Å². The number of aromatic nitrogens is 1. The second-order valence-corrected chi connectivity index (χ2v) is 5.85. The van der Waals surface area contributed by atoms with Crippen LogP contribution in [0.25, 0.3) is 0 Å². The minimum absolute atomic E-state index is 0.800. The summed E-state index contributed by atoms with van der Waals surface area (Å²) in [6, 6.07) is 6.02. The zero-order valence-electron chi connectivity index (χ0n) is 10.7. The number of halogens is 1. The molecule has 0 atom stereocenters. The summed E-state index contributed by atoms with van der Waals surface area (Å²) in [5, 5.41) is 7.51. The summed E-state index contributed by atoms with van der Waals surface area (Å²) in [6.07, 6.45) is 0.983. The highest BCUT2D eigenvalue weighted by Crippen LogP contribution is 2.15. The van der Waals surface area contributed by atoms with Crippen molar-refractivity contribution in [3.8, 4) is 0 Å². The average Bonchev–Trinajstić information content (AvgIpc) is 2.73. The molecule has 0 unspecified atom stereocenters. The number of thiazole rings is 1. The van der Waals surface area contributed by atoms with Gasteiger partial charge in [0.05, 0.1) is 10.7 Å². The van der Waals surface area contributed by atoms with Gasteiger partial charge in [-0.1, -0.05) is 17.7 Å². The van der Waals surface area contributed by atoms with Crippen molar-refractivity contribution in [1.82, 2.24) is 10.3 Å². The molecule has 0 radical (unpaired) electrons. The van der Waals surface area contributed by atoms with E-state index in [1.54, 1.807) is 11.3 Å². The Balaban J connectivity index is 1.78. The minimum Gasteiger partial charge on any atom is -0.312 e. The fourth-order valence-corrected chi connectivity index (χ4v) is 2.69. The van der Waals surface area contributed by atoms with Crippen LogP contribution in [-0.2, 0) is 13.0 Å². The van der Waals surface area contributed by atoms with Crippen molar-refractivity contribution in [2.24, 2.45) is 0 Å². The summed E-state index contributed by atoms with van der Waals surface area (Å²) >= 11 is 7.64. The van der Waals surface area contributed by atoms with E-state index in [1.165, 1.54) is 16.8 Å². The van der Waals surface area contributed by atoms with Crippen molar-refractivity contribution >= 4 is 22.9 Å². The molecule has 0 saturated heterocycles. The number of nitrogens with one attached hydrogen (secondary N) is 1. The number of benzene rings is 1. The molecule has 0 amide bonds. The van der Waals surface area contributed by atoms with Crippen LogP contribution < -0.4 is 5.32 Å². The number of aryl methyl sites for hydroxylation is 2. The molecule has 2 nitrogen and oxygen atoms in total. The maximum atomic E-state index is 5.93. The molecule has 2 rings (SSSR count). The normalized spacial score (nSPS) is 10.8. The molecule has 2 aromatic rings. The Hall–Kier alpha value is -0.900. The van der Waals surface area contributed by atoms with Crippen LogP contribution >= 0.6 is 22.9 Å². The summed E-state index contributed by atoms with van der Waals surface area (Å²) in [5.74, 6) is 0. The highest BCUT2D eigenvalue weighted by atomic mass is 35.5. The van der Waals surface area contributed by atoms with Crippen molar-refractivity contribution in [3.05, 3.63) is 50.4 Å². The predicted octanol–water partition coefficient (Wildman–Crippen LogP) is 3.75. The molecular weight excluding hydrogens is 264 g/mol. The van der Waals surface area contributed by atoms with Crippen LogP contribution in [0.2, 0.25) is 5.02 Å². The molecule has 0 bridgehead atoms. The lowest BCUT2D eigenvalue weighted by Gasteiger charge is -2.07. The first-order chi connectivity index (χ1) is 8.65. The first-order valence-corrected chi connectivity index (χ1v) is 7.27. The van der Waals surface area contributed by atoms with E-state index in [2.05, 4.69) is 28.7 Å². The molecule has 1 aromatic carbocycles. The van der Waals surface area contributed by atoms with E-state index in [0.29, 0.717) is 0 Å². The minimum atomic E-state index is 0.800. The molecular formula is C14H17ClN2S. The topological polar surface area (TPSA) is 24.9 Å². The van der Waals surface area contributed by atoms with E-state index in [4.69, 9.17) is 11.6 Å². The molecule has 0 aliphatic rings. The fourth-order valence-electron chi connectivity index (χ4n) is 1.82. The first kappa shape index (κ1) is 13.5. The van der Waals surface area contributed by atoms with E-state index in [1.807, 2.05) is 19.1 Å². The van der Waals surface area contributed by atoms with Gasteiger partial charge in [-0.05, 0) is 37.1 Å². The number of hydrogen-bond donors (Lipinski definition) is 1. The highest BCUT2D eigenvalue weighted by molar-refractivity contribution is 7.09. The SMILES string of the molecule is Cc1nc(CCNCc2ccc(Cl)cc2C)cs1. The summed E-state index contributed by atoms with van der Waals surface area (Å²) in [6.45, 7) is 5.96. The van der Waals surface area contributed by atoms with Crippen LogP contribution in [0.1, 0.15) is 21.8 Å². The Morgan fingerprint density at radius 2 is 2.17 bits per heavy atom. The molecule has 0 saturated carbocycles. The third-order valence-electron chi connectivity index (χ3n) is 2.84. The molecule has 0 aliphatic heterocycles. The Morgan fingerprint density at radius 1 is 1.33 bits per heavy atom. The van der Waals surface area contributed by atoms with Crippen molar-refractivity contribution in [3.63, 3.8) is 0 Å². The van der Waals surface area contributed by atoms with Gasteiger partial charge in [0.1, 0.15) is 0 Å².